The van der Waals surface area contributed by atoms with Gasteiger partial charge in [0, 0.05) is 19.1 Å². The Bertz CT molecular complexity index is 644. The van der Waals surface area contributed by atoms with E-state index >= 15 is 0 Å². The number of nitrogens with one attached hydrogen (secondary N) is 1. The van der Waals surface area contributed by atoms with Gasteiger partial charge in [0.2, 0.25) is 0 Å². The molecule has 0 aliphatic carbocycles. The number of phenolic OH excluding ortho intramolecular Hbond substituents is 1. The normalized spacial score (nSPS) is 10.3. The Kier molecular flexibility index (Phi) is 4.65. The summed E-state index contributed by atoms with van der Waals surface area (Å²) in [5.41, 5.74) is 0.865. The van der Waals surface area contributed by atoms with Crippen LogP contribution in [0.3, 0.4) is 0 Å². The van der Waals surface area contributed by atoms with Gasteiger partial charge in [-0.2, -0.15) is 0 Å². The van der Waals surface area contributed by atoms with Crippen molar-refractivity contribution in [3.05, 3.63) is 55.4 Å². The summed E-state index contributed by atoms with van der Waals surface area (Å²) in [6, 6.07) is 10.1. The highest BCUT2D eigenvalue weighted by Gasteiger charge is 2.12. The summed E-state index contributed by atoms with van der Waals surface area (Å²) in [6.45, 7) is 0. The Morgan fingerprint density at radius 3 is 2.37 bits per heavy atom. The van der Waals surface area contributed by atoms with Crippen LogP contribution in [-0.2, 0) is 0 Å². The first-order chi connectivity index (χ1) is 8.97. The van der Waals surface area contributed by atoms with Gasteiger partial charge in [-0.15, -0.1) is 0 Å². The molecule has 6 heteroatoms. The smallest absolute Gasteiger partial charge is 0.259 e. The largest absolute Gasteiger partial charge is 0.507 e. The summed E-state index contributed by atoms with van der Waals surface area (Å²) in [4.78, 5) is 12.0. The highest BCUT2D eigenvalue weighted by atomic mass is 79.9. The van der Waals surface area contributed by atoms with Gasteiger partial charge in [0.25, 0.3) is 5.91 Å². The lowest BCUT2D eigenvalue weighted by Crippen LogP contribution is -2.12. The number of amides is 1. The fourth-order valence-electron chi connectivity index (χ4n) is 1.47. The van der Waals surface area contributed by atoms with E-state index < -0.39 is 0 Å². The number of rotatable bonds is 2. The molecule has 19 heavy (non-hydrogen) atoms. The molecule has 98 valence electrons. The first kappa shape index (κ1) is 14.6. The number of carbonyl (C=O) groups is 1. The van der Waals surface area contributed by atoms with Crippen LogP contribution in [0.2, 0.25) is 0 Å². The second-order valence-electron chi connectivity index (χ2n) is 3.74. The van der Waals surface area contributed by atoms with Crippen molar-refractivity contribution in [2.24, 2.45) is 0 Å². The average molecular weight is 450 g/mol. The van der Waals surface area contributed by atoms with Crippen LogP contribution in [0.1, 0.15) is 10.4 Å². The number of aromatic hydroxyl groups is 1. The number of hydrogen-bond acceptors (Lipinski definition) is 2. The predicted molar refractivity (Wildman–Crippen MR) is 85.6 cm³/mol. The molecular formula is C13H8Br3NO2. The van der Waals surface area contributed by atoms with Crippen molar-refractivity contribution >= 4 is 59.4 Å². The van der Waals surface area contributed by atoms with Crippen molar-refractivity contribution in [3.8, 4) is 5.75 Å². The fraction of sp³-hybridized carbons (Fsp3) is 0. The lowest BCUT2D eigenvalue weighted by Gasteiger charge is -2.08. The first-order valence-electron chi connectivity index (χ1n) is 5.22. The SMILES string of the molecule is O=C(Nc1ccc(Br)c(Br)c1)c1ccc(Br)cc1O. The highest BCUT2D eigenvalue weighted by Crippen LogP contribution is 2.27. The maximum atomic E-state index is 12.0. The van der Waals surface area contributed by atoms with Gasteiger partial charge in [0.1, 0.15) is 5.75 Å². The van der Waals surface area contributed by atoms with Crippen LogP contribution in [0.25, 0.3) is 0 Å². The summed E-state index contributed by atoms with van der Waals surface area (Å²) in [5, 5.41) is 12.5. The monoisotopic (exact) mass is 447 g/mol. The minimum Gasteiger partial charge on any atom is -0.507 e. The molecule has 2 aromatic carbocycles. The van der Waals surface area contributed by atoms with Crippen molar-refractivity contribution in [2.45, 2.75) is 0 Å². The molecule has 2 rings (SSSR count). The Labute approximate surface area is 135 Å². The van der Waals surface area contributed by atoms with E-state index in [-0.39, 0.29) is 17.2 Å². The zero-order valence-electron chi connectivity index (χ0n) is 9.45. The zero-order valence-corrected chi connectivity index (χ0v) is 14.2. The molecule has 3 nitrogen and oxygen atoms in total. The van der Waals surface area contributed by atoms with Crippen LogP contribution in [0, 0.1) is 0 Å². The van der Waals surface area contributed by atoms with Gasteiger partial charge < -0.3 is 10.4 Å². The summed E-state index contributed by atoms with van der Waals surface area (Å²) in [5.74, 6) is -0.428. The number of carbonyl (C=O) groups excluding carboxylic acids is 1. The number of phenols is 1. The number of benzene rings is 2. The maximum Gasteiger partial charge on any atom is 0.259 e. The van der Waals surface area contributed by atoms with E-state index in [1.165, 1.54) is 6.07 Å². The van der Waals surface area contributed by atoms with E-state index in [1.807, 2.05) is 6.07 Å². The van der Waals surface area contributed by atoms with E-state index in [9.17, 15) is 9.90 Å². The number of halogens is 3. The molecule has 0 atom stereocenters. The third-order valence-corrected chi connectivity index (χ3v) is 4.75. The Balaban J connectivity index is 2.23. The zero-order chi connectivity index (χ0) is 14.0. The fourth-order valence-corrected chi connectivity index (χ4v) is 2.44. The Morgan fingerprint density at radius 2 is 1.74 bits per heavy atom. The average Bonchev–Trinajstić information content (AvgIpc) is 2.33. The van der Waals surface area contributed by atoms with Gasteiger partial charge >= 0.3 is 0 Å². The van der Waals surface area contributed by atoms with Crippen LogP contribution in [0.15, 0.2) is 49.8 Å². The number of hydrogen-bond donors (Lipinski definition) is 2. The van der Waals surface area contributed by atoms with Gasteiger partial charge in [-0.3, -0.25) is 4.79 Å². The molecule has 0 bridgehead atoms. The van der Waals surface area contributed by atoms with E-state index in [2.05, 4.69) is 53.1 Å². The number of anilines is 1. The van der Waals surface area contributed by atoms with Gasteiger partial charge in [-0.05, 0) is 68.3 Å². The van der Waals surface area contributed by atoms with Crippen molar-refractivity contribution in [1.82, 2.24) is 0 Å². The van der Waals surface area contributed by atoms with E-state index in [0.29, 0.717) is 10.2 Å². The second kappa shape index (κ2) is 6.07. The predicted octanol–water partition coefficient (Wildman–Crippen LogP) is 4.93. The first-order valence-corrected chi connectivity index (χ1v) is 7.60. The van der Waals surface area contributed by atoms with Crippen molar-refractivity contribution in [1.29, 1.82) is 0 Å². The third-order valence-electron chi connectivity index (χ3n) is 2.38. The summed E-state index contributed by atoms with van der Waals surface area (Å²) < 4.78 is 2.45. The molecule has 0 fully saturated rings. The van der Waals surface area contributed by atoms with Crippen LogP contribution < -0.4 is 5.32 Å². The van der Waals surface area contributed by atoms with Crippen molar-refractivity contribution in [2.75, 3.05) is 5.32 Å². The lowest BCUT2D eigenvalue weighted by atomic mass is 10.2. The van der Waals surface area contributed by atoms with E-state index in [4.69, 9.17) is 0 Å². The van der Waals surface area contributed by atoms with E-state index in [1.54, 1.807) is 24.3 Å². The van der Waals surface area contributed by atoms with Crippen LogP contribution >= 0.6 is 47.8 Å². The van der Waals surface area contributed by atoms with Gasteiger partial charge in [-0.25, -0.2) is 0 Å². The van der Waals surface area contributed by atoms with Crippen molar-refractivity contribution < 1.29 is 9.90 Å². The summed E-state index contributed by atoms with van der Waals surface area (Å²) in [7, 11) is 0. The summed E-state index contributed by atoms with van der Waals surface area (Å²) >= 11 is 9.94. The summed E-state index contributed by atoms with van der Waals surface area (Å²) in [6.07, 6.45) is 0. The molecule has 2 aromatic rings. The molecule has 0 aliphatic rings. The van der Waals surface area contributed by atoms with Gasteiger partial charge in [-0.1, -0.05) is 15.9 Å². The minimum absolute atomic E-state index is 0.0666. The van der Waals surface area contributed by atoms with Crippen LogP contribution in [0.4, 0.5) is 5.69 Å². The molecule has 1 amide bonds. The van der Waals surface area contributed by atoms with Crippen molar-refractivity contribution in [3.63, 3.8) is 0 Å². The lowest BCUT2D eigenvalue weighted by molar-refractivity contribution is 0.102. The molecule has 0 saturated heterocycles. The minimum atomic E-state index is -0.362. The molecule has 2 N–H and O–H groups in total. The molecular weight excluding hydrogens is 442 g/mol. The Hall–Kier alpha value is -0.850. The van der Waals surface area contributed by atoms with Gasteiger partial charge in [0.15, 0.2) is 0 Å². The molecule has 0 unspecified atom stereocenters. The van der Waals surface area contributed by atoms with Gasteiger partial charge in [0.05, 0.1) is 5.56 Å². The maximum absolute atomic E-state index is 12.0. The highest BCUT2D eigenvalue weighted by molar-refractivity contribution is 9.13. The van der Waals surface area contributed by atoms with Crippen LogP contribution in [0.5, 0.6) is 5.75 Å². The molecule has 0 heterocycles. The standard InChI is InChI=1S/C13H8Br3NO2/c14-7-1-3-9(12(18)5-7)13(19)17-8-2-4-10(15)11(16)6-8/h1-6,18H,(H,17,19). The topological polar surface area (TPSA) is 49.3 Å². The second-order valence-corrected chi connectivity index (χ2v) is 6.37. The van der Waals surface area contributed by atoms with Crippen LogP contribution in [-0.4, -0.2) is 11.0 Å². The molecule has 0 spiro atoms. The molecule has 0 aliphatic heterocycles. The quantitative estimate of drug-likeness (QED) is 0.682. The molecule has 0 radical (unpaired) electrons. The molecule has 0 saturated carbocycles. The third kappa shape index (κ3) is 3.58. The molecule has 0 aromatic heterocycles. The van der Waals surface area contributed by atoms with E-state index in [0.717, 1.165) is 8.95 Å². The Morgan fingerprint density at radius 1 is 1.00 bits per heavy atom.